The summed E-state index contributed by atoms with van der Waals surface area (Å²) < 4.78 is 0. The number of benzene rings is 1. The van der Waals surface area contributed by atoms with Gasteiger partial charge in [-0.1, -0.05) is 6.07 Å². The topological polar surface area (TPSA) is 100 Å². The molecule has 0 aliphatic carbocycles. The largest absolute Gasteiger partial charge is 0.344 e. The molecule has 0 spiro atoms. The molecule has 0 bridgehead atoms. The predicted octanol–water partition coefficient (Wildman–Crippen LogP) is 2.49. The van der Waals surface area contributed by atoms with Gasteiger partial charge < -0.3 is 16.0 Å². The first-order valence-electron chi connectivity index (χ1n) is 7.77. The van der Waals surface area contributed by atoms with Gasteiger partial charge in [-0.25, -0.2) is 0 Å². The molecule has 1 atom stereocenters. The fourth-order valence-corrected chi connectivity index (χ4v) is 2.30. The molecular weight excluding hydrogens is 320 g/mol. The van der Waals surface area contributed by atoms with Crippen LogP contribution in [0, 0.1) is 0 Å². The van der Waals surface area contributed by atoms with Crippen LogP contribution in [0.15, 0.2) is 42.6 Å². The van der Waals surface area contributed by atoms with Crippen LogP contribution in [0.2, 0.25) is 0 Å². The number of pyridine rings is 1. The van der Waals surface area contributed by atoms with E-state index in [-0.39, 0.29) is 23.8 Å². The maximum Gasteiger partial charge on any atom is 0.251 e. The Bertz CT molecular complexity index is 756. The molecule has 7 heteroatoms. The zero-order valence-electron chi connectivity index (χ0n) is 14.3. The minimum absolute atomic E-state index is 0.270. The Balaban J connectivity index is 2.24. The summed E-state index contributed by atoms with van der Waals surface area (Å²) >= 11 is 0. The number of hydrogen-bond acceptors (Lipinski definition) is 4. The van der Waals surface area contributed by atoms with E-state index < -0.39 is 0 Å². The maximum atomic E-state index is 12.5. The van der Waals surface area contributed by atoms with Crippen LogP contribution in [0.4, 0.5) is 11.4 Å². The molecule has 0 saturated carbocycles. The molecule has 3 N–H and O–H groups in total. The smallest absolute Gasteiger partial charge is 0.251 e. The van der Waals surface area contributed by atoms with Gasteiger partial charge in [0.15, 0.2) is 0 Å². The van der Waals surface area contributed by atoms with Gasteiger partial charge >= 0.3 is 0 Å². The molecule has 7 nitrogen and oxygen atoms in total. The number of hydrogen-bond donors (Lipinski definition) is 3. The predicted molar refractivity (Wildman–Crippen MR) is 95.2 cm³/mol. The second-order valence-corrected chi connectivity index (χ2v) is 5.61. The fourth-order valence-electron chi connectivity index (χ4n) is 2.30. The van der Waals surface area contributed by atoms with Gasteiger partial charge in [0.2, 0.25) is 11.8 Å². The summed E-state index contributed by atoms with van der Waals surface area (Å²) in [5, 5.41) is 8.08. The van der Waals surface area contributed by atoms with Crippen molar-refractivity contribution in [3.8, 4) is 0 Å². The summed E-state index contributed by atoms with van der Waals surface area (Å²) in [6, 6.07) is 9.86. The lowest BCUT2D eigenvalue weighted by molar-refractivity contribution is -0.115. The molecule has 1 unspecified atom stereocenters. The summed E-state index contributed by atoms with van der Waals surface area (Å²) in [6.07, 6.45) is 1.66. The minimum atomic E-state index is -0.336. The van der Waals surface area contributed by atoms with E-state index >= 15 is 0 Å². The van der Waals surface area contributed by atoms with E-state index in [9.17, 15) is 14.4 Å². The summed E-state index contributed by atoms with van der Waals surface area (Å²) in [7, 11) is 0. The molecule has 0 aliphatic heterocycles. The Kier molecular flexibility index (Phi) is 5.84. The van der Waals surface area contributed by atoms with Crippen LogP contribution in [0.3, 0.4) is 0 Å². The molecule has 0 aliphatic rings. The van der Waals surface area contributed by atoms with Crippen molar-refractivity contribution in [3.05, 3.63) is 53.9 Å². The third-order valence-electron chi connectivity index (χ3n) is 3.31. The van der Waals surface area contributed by atoms with E-state index in [4.69, 9.17) is 0 Å². The van der Waals surface area contributed by atoms with Gasteiger partial charge in [0.05, 0.1) is 11.7 Å². The van der Waals surface area contributed by atoms with Crippen LogP contribution in [-0.2, 0) is 9.59 Å². The van der Waals surface area contributed by atoms with Crippen molar-refractivity contribution in [1.29, 1.82) is 0 Å². The van der Waals surface area contributed by atoms with Gasteiger partial charge in [-0.2, -0.15) is 0 Å². The Morgan fingerprint density at radius 1 is 0.960 bits per heavy atom. The molecule has 130 valence electrons. The van der Waals surface area contributed by atoms with Crippen molar-refractivity contribution < 1.29 is 14.4 Å². The number of nitrogens with zero attached hydrogens (tertiary/aromatic N) is 1. The molecule has 1 heterocycles. The second kappa shape index (κ2) is 8.05. The summed E-state index contributed by atoms with van der Waals surface area (Å²) in [5.74, 6) is -0.877. The summed E-state index contributed by atoms with van der Waals surface area (Å²) in [5.41, 5.74) is 1.90. The number of amides is 3. The van der Waals surface area contributed by atoms with Crippen molar-refractivity contribution in [2.45, 2.75) is 26.8 Å². The Morgan fingerprint density at radius 3 is 2.04 bits per heavy atom. The van der Waals surface area contributed by atoms with Crippen LogP contribution < -0.4 is 16.0 Å². The number of nitrogens with one attached hydrogen (secondary N) is 3. The first-order chi connectivity index (χ1) is 11.8. The highest BCUT2D eigenvalue weighted by molar-refractivity contribution is 6.00. The van der Waals surface area contributed by atoms with Crippen LogP contribution in [0.5, 0.6) is 0 Å². The zero-order chi connectivity index (χ0) is 18.4. The van der Waals surface area contributed by atoms with E-state index in [1.54, 1.807) is 30.5 Å². The SMILES string of the molecule is CC(=O)Nc1cc(NC(C)=O)cc(C(=O)NC(C)c2ccccn2)c1. The van der Waals surface area contributed by atoms with Crippen molar-refractivity contribution in [3.63, 3.8) is 0 Å². The lowest BCUT2D eigenvalue weighted by Gasteiger charge is -2.15. The van der Waals surface area contributed by atoms with Gasteiger partial charge in [0.1, 0.15) is 0 Å². The zero-order valence-corrected chi connectivity index (χ0v) is 14.3. The summed E-state index contributed by atoms with van der Waals surface area (Å²) in [6.45, 7) is 4.56. The van der Waals surface area contributed by atoms with Gasteiger partial charge in [-0.3, -0.25) is 19.4 Å². The molecule has 2 rings (SSSR count). The molecular formula is C18H20N4O3. The van der Waals surface area contributed by atoms with Crippen molar-refractivity contribution in [2.75, 3.05) is 10.6 Å². The lowest BCUT2D eigenvalue weighted by atomic mass is 10.1. The van der Waals surface area contributed by atoms with E-state index in [0.29, 0.717) is 16.9 Å². The highest BCUT2D eigenvalue weighted by Gasteiger charge is 2.14. The molecule has 0 radical (unpaired) electrons. The van der Waals surface area contributed by atoms with Gasteiger partial charge in [0.25, 0.3) is 5.91 Å². The van der Waals surface area contributed by atoms with Gasteiger partial charge in [-0.05, 0) is 37.3 Å². The maximum absolute atomic E-state index is 12.5. The lowest BCUT2D eigenvalue weighted by Crippen LogP contribution is -2.27. The Labute approximate surface area is 145 Å². The molecule has 25 heavy (non-hydrogen) atoms. The molecule has 2 aromatic rings. The number of rotatable bonds is 5. The number of anilines is 2. The number of aromatic nitrogens is 1. The average molecular weight is 340 g/mol. The molecule has 1 aromatic carbocycles. The quantitative estimate of drug-likeness (QED) is 0.778. The van der Waals surface area contributed by atoms with E-state index in [0.717, 1.165) is 5.69 Å². The van der Waals surface area contributed by atoms with Crippen LogP contribution in [0.1, 0.15) is 42.9 Å². The third kappa shape index (κ3) is 5.42. The third-order valence-corrected chi connectivity index (χ3v) is 3.31. The van der Waals surface area contributed by atoms with Crippen molar-refractivity contribution in [2.24, 2.45) is 0 Å². The van der Waals surface area contributed by atoms with Crippen LogP contribution >= 0.6 is 0 Å². The number of carbonyl (C=O) groups is 3. The normalized spacial score (nSPS) is 11.3. The number of carbonyl (C=O) groups excluding carboxylic acids is 3. The highest BCUT2D eigenvalue weighted by atomic mass is 16.2. The van der Waals surface area contributed by atoms with Crippen molar-refractivity contribution in [1.82, 2.24) is 10.3 Å². The standard InChI is InChI=1S/C18H20N4O3/c1-11(17-6-4-5-7-19-17)20-18(25)14-8-15(21-12(2)23)10-16(9-14)22-13(3)24/h4-11H,1-3H3,(H,20,25)(H,21,23)(H,22,24). The van der Waals surface area contributed by atoms with E-state index in [1.165, 1.54) is 13.8 Å². The monoisotopic (exact) mass is 340 g/mol. The van der Waals surface area contributed by atoms with Crippen molar-refractivity contribution >= 4 is 29.1 Å². The van der Waals surface area contributed by atoms with Gasteiger partial charge in [0, 0.05) is 37.0 Å². The van der Waals surface area contributed by atoms with Crippen LogP contribution in [0.25, 0.3) is 0 Å². The van der Waals surface area contributed by atoms with E-state index in [1.807, 2.05) is 19.1 Å². The molecule has 1 aromatic heterocycles. The highest BCUT2D eigenvalue weighted by Crippen LogP contribution is 2.20. The van der Waals surface area contributed by atoms with Gasteiger partial charge in [-0.15, -0.1) is 0 Å². The Hall–Kier alpha value is -3.22. The first-order valence-corrected chi connectivity index (χ1v) is 7.77. The van der Waals surface area contributed by atoms with Crippen LogP contribution in [-0.4, -0.2) is 22.7 Å². The molecule has 0 saturated heterocycles. The van der Waals surface area contributed by atoms with E-state index in [2.05, 4.69) is 20.9 Å². The first kappa shape index (κ1) is 18.1. The Morgan fingerprint density at radius 2 is 1.56 bits per heavy atom. The average Bonchev–Trinajstić information content (AvgIpc) is 2.54. The second-order valence-electron chi connectivity index (χ2n) is 5.61. The molecule has 0 fully saturated rings. The fraction of sp³-hybridized carbons (Fsp3) is 0.222. The minimum Gasteiger partial charge on any atom is -0.344 e. The summed E-state index contributed by atoms with van der Waals surface area (Å²) in [4.78, 5) is 39.3. The molecule has 3 amide bonds.